The number of hydrogen-bond donors (Lipinski definition) is 1. The first-order valence-corrected chi connectivity index (χ1v) is 7.17. The summed E-state index contributed by atoms with van der Waals surface area (Å²) in [6.07, 6.45) is 2.97. The first-order valence-electron chi connectivity index (χ1n) is 7.17. The molecule has 0 bridgehead atoms. The Bertz CT molecular complexity index is 374. The normalized spacial score (nSPS) is 15.7. The van der Waals surface area contributed by atoms with Crippen molar-refractivity contribution in [2.75, 3.05) is 0 Å². The fourth-order valence-corrected chi connectivity index (χ4v) is 2.58. The van der Waals surface area contributed by atoms with Crippen LogP contribution in [0.4, 0.5) is 0 Å². The summed E-state index contributed by atoms with van der Waals surface area (Å²) in [4.78, 5) is 0. The maximum absolute atomic E-state index is 6.35. The first-order chi connectivity index (χ1) is 8.35. The van der Waals surface area contributed by atoms with Crippen LogP contribution >= 0.6 is 0 Å². The van der Waals surface area contributed by atoms with Gasteiger partial charge in [0.15, 0.2) is 0 Å². The Balaban J connectivity index is 3.24. The van der Waals surface area contributed by atoms with Crippen LogP contribution in [0.3, 0.4) is 0 Å². The molecule has 2 atom stereocenters. The van der Waals surface area contributed by atoms with E-state index in [1.54, 1.807) is 0 Å². The molecule has 18 heavy (non-hydrogen) atoms. The van der Waals surface area contributed by atoms with E-state index in [-0.39, 0.29) is 17.5 Å². The number of rotatable bonds is 5. The fourth-order valence-electron chi connectivity index (χ4n) is 2.58. The highest BCUT2D eigenvalue weighted by molar-refractivity contribution is 5.12. The van der Waals surface area contributed by atoms with Gasteiger partial charge in [-0.3, -0.25) is 4.68 Å². The van der Waals surface area contributed by atoms with Gasteiger partial charge in [0.1, 0.15) is 0 Å². The third kappa shape index (κ3) is 3.14. The highest BCUT2D eigenvalue weighted by Gasteiger charge is 2.32. The van der Waals surface area contributed by atoms with Gasteiger partial charge in [0.25, 0.3) is 0 Å². The van der Waals surface area contributed by atoms with E-state index in [2.05, 4.69) is 52.3 Å². The molecule has 1 aromatic heterocycles. The molecular formula is C15H29N3. The van der Waals surface area contributed by atoms with Gasteiger partial charge in [-0.25, -0.2) is 0 Å². The molecule has 0 aliphatic carbocycles. The lowest BCUT2D eigenvalue weighted by atomic mass is 9.81. The highest BCUT2D eigenvalue weighted by atomic mass is 15.3. The Labute approximate surface area is 112 Å². The van der Waals surface area contributed by atoms with Crippen LogP contribution in [-0.2, 0) is 12.8 Å². The lowest BCUT2D eigenvalue weighted by Crippen LogP contribution is -2.41. The Morgan fingerprint density at radius 3 is 2.22 bits per heavy atom. The van der Waals surface area contributed by atoms with Gasteiger partial charge < -0.3 is 5.73 Å². The molecule has 2 unspecified atom stereocenters. The zero-order valence-corrected chi connectivity index (χ0v) is 12.8. The van der Waals surface area contributed by atoms with Crippen LogP contribution in [0.2, 0.25) is 0 Å². The third-order valence-corrected chi connectivity index (χ3v) is 3.62. The largest absolute Gasteiger partial charge is 0.326 e. The lowest BCUT2D eigenvalue weighted by Gasteiger charge is -2.36. The van der Waals surface area contributed by atoms with Crippen LogP contribution in [0.15, 0.2) is 6.07 Å². The van der Waals surface area contributed by atoms with Crippen LogP contribution in [0.5, 0.6) is 0 Å². The van der Waals surface area contributed by atoms with Gasteiger partial charge >= 0.3 is 0 Å². The standard InChI is InChI=1S/C15H29N3/c1-7-11-10-12(8-2)18(17-11)14(13(16)9-3)15(4,5)6/h10,13-14H,7-9,16H2,1-6H3. The van der Waals surface area contributed by atoms with E-state index in [0.29, 0.717) is 0 Å². The summed E-state index contributed by atoms with van der Waals surface area (Å²) in [5.41, 5.74) is 8.94. The Hall–Kier alpha value is -0.830. The summed E-state index contributed by atoms with van der Waals surface area (Å²) in [7, 11) is 0. The molecule has 0 saturated carbocycles. The average Bonchev–Trinajstić information content (AvgIpc) is 2.70. The SMILES string of the molecule is CCc1cc(CC)n(C(C(N)CC)C(C)(C)C)n1. The van der Waals surface area contributed by atoms with Gasteiger partial charge in [0.05, 0.1) is 11.7 Å². The van der Waals surface area contributed by atoms with Crippen LogP contribution in [0.25, 0.3) is 0 Å². The molecular weight excluding hydrogens is 222 g/mol. The Morgan fingerprint density at radius 2 is 1.83 bits per heavy atom. The average molecular weight is 251 g/mol. The van der Waals surface area contributed by atoms with Crippen LogP contribution in [0.1, 0.15) is 65.4 Å². The van der Waals surface area contributed by atoms with Gasteiger partial charge in [-0.1, -0.05) is 41.5 Å². The third-order valence-electron chi connectivity index (χ3n) is 3.62. The summed E-state index contributed by atoms with van der Waals surface area (Å²) in [6.45, 7) is 13.2. The molecule has 0 spiro atoms. The molecule has 0 aromatic carbocycles. The molecule has 3 heteroatoms. The van der Waals surface area contributed by atoms with E-state index in [4.69, 9.17) is 10.8 Å². The predicted octanol–water partition coefficient (Wildman–Crippen LogP) is 3.33. The molecule has 1 rings (SSSR count). The van der Waals surface area contributed by atoms with Crippen molar-refractivity contribution in [1.82, 2.24) is 9.78 Å². The molecule has 0 radical (unpaired) electrons. The highest BCUT2D eigenvalue weighted by Crippen LogP contribution is 2.34. The minimum absolute atomic E-state index is 0.121. The molecule has 0 saturated heterocycles. The molecule has 1 aromatic rings. The molecule has 0 amide bonds. The molecule has 104 valence electrons. The Kier molecular flexibility index (Phi) is 4.97. The van der Waals surface area contributed by atoms with Crippen molar-refractivity contribution in [3.8, 4) is 0 Å². The number of nitrogens with two attached hydrogens (primary N) is 1. The van der Waals surface area contributed by atoms with Crippen molar-refractivity contribution >= 4 is 0 Å². The number of aryl methyl sites for hydroxylation is 2. The van der Waals surface area contributed by atoms with E-state index in [9.17, 15) is 0 Å². The Morgan fingerprint density at radius 1 is 1.22 bits per heavy atom. The van der Waals surface area contributed by atoms with Crippen LogP contribution < -0.4 is 5.73 Å². The summed E-state index contributed by atoms with van der Waals surface area (Å²) in [5, 5.41) is 4.77. The quantitative estimate of drug-likeness (QED) is 0.872. The van der Waals surface area contributed by atoms with Gasteiger partial charge in [0.2, 0.25) is 0 Å². The fraction of sp³-hybridized carbons (Fsp3) is 0.800. The number of aromatic nitrogens is 2. The van der Waals surface area contributed by atoms with Crippen molar-refractivity contribution in [2.45, 2.75) is 72.9 Å². The van der Waals surface area contributed by atoms with E-state index < -0.39 is 0 Å². The van der Waals surface area contributed by atoms with Crippen molar-refractivity contribution in [3.63, 3.8) is 0 Å². The first kappa shape index (κ1) is 15.2. The van der Waals surface area contributed by atoms with Crippen molar-refractivity contribution in [3.05, 3.63) is 17.5 Å². The molecule has 0 aliphatic heterocycles. The summed E-state index contributed by atoms with van der Waals surface area (Å²) >= 11 is 0. The maximum Gasteiger partial charge on any atom is 0.0721 e. The van der Waals surface area contributed by atoms with E-state index >= 15 is 0 Å². The number of nitrogens with zero attached hydrogens (tertiary/aromatic N) is 2. The van der Waals surface area contributed by atoms with Gasteiger partial charge in [-0.05, 0) is 30.7 Å². The van der Waals surface area contributed by atoms with Crippen molar-refractivity contribution < 1.29 is 0 Å². The van der Waals surface area contributed by atoms with E-state index in [0.717, 1.165) is 19.3 Å². The van der Waals surface area contributed by atoms with Gasteiger partial charge in [-0.15, -0.1) is 0 Å². The van der Waals surface area contributed by atoms with E-state index in [1.807, 2.05) is 0 Å². The van der Waals surface area contributed by atoms with Gasteiger partial charge in [-0.2, -0.15) is 5.10 Å². The minimum Gasteiger partial charge on any atom is -0.326 e. The zero-order chi connectivity index (χ0) is 13.9. The second-order valence-corrected chi connectivity index (χ2v) is 6.16. The summed E-state index contributed by atoms with van der Waals surface area (Å²) < 4.78 is 2.19. The van der Waals surface area contributed by atoms with E-state index in [1.165, 1.54) is 11.4 Å². The van der Waals surface area contributed by atoms with Crippen molar-refractivity contribution in [1.29, 1.82) is 0 Å². The monoisotopic (exact) mass is 251 g/mol. The smallest absolute Gasteiger partial charge is 0.0721 e. The molecule has 0 fully saturated rings. The topological polar surface area (TPSA) is 43.8 Å². The number of hydrogen-bond acceptors (Lipinski definition) is 2. The summed E-state index contributed by atoms with van der Waals surface area (Å²) in [5.74, 6) is 0. The second kappa shape index (κ2) is 5.87. The molecule has 0 aliphatic rings. The summed E-state index contributed by atoms with van der Waals surface area (Å²) in [6, 6.07) is 2.64. The van der Waals surface area contributed by atoms with Crippen LogP contribution in [-0.4, -0.2) is 15.8 Å². The second-order valence-electron chi connectivity index (χ2n) is 6.16. The zero-order valence-electron chi connectivity index (χ0n) is 12.8. The predicted molar refractivity (Wildman–Crippen MR) is 77.7 cm³/mol. The molecule has 1 heterocycles. The van der Waals surface area contributed by atoms with Gasteiger partial charge in [0, 0.05) is 11.7 Å². The van der Waals surface area contributed by atoms with Crippen LogP contribution in [0, 0.1) is 5.41 Å². The minimum atomic E-state index is 0.121. The molecule has 3 nitrogen and oxygen atoms in total. The van der Waals surface area contributed by atoms with Crippen molar-refractivity contribution in [2.24, 2.45) is 11.1 Å². The maximum atomic E-state index is 6.35. The molecule has 2 N–H and O–H groups in total. The lowest BCUT2D eigenvalue weighted by molar-refractivity contribution is 0.182.